The van der Waals surface area contributed by atoms with E-state index in [2.05, 4.69) is 25.2 Å². The minimum absolute atomic E-state index is 0.0570. The third-order valence-electron chi connectivity index (χ3n) is 5.39. The Balaban J connectivity index is 1.64. The summed E-state index contributed by atoms with van der Waals surface area (Å²) in [5.41, 5.74) is 2.31. The first-order valence-electron chi connectivity index (χ1n) is 10.1. The molecule has 0 spiro atoms. The second kappa shape index (κ2) is 7.85. The van der Waals surface area contributed by atoms with Gasteiger partial charge in [-0.25, -0.2) is 15.0 Å². The van der Waals surface area contributed by atoms with E-state index in [1.54, 1.807) is 6.33 Å². The second-order valence-corrected chi connectivity index (χ2v) is 7.47. The number of fused-ring (bicyclic) bond motifs is 2. The molecule has 0 radical (unpaired) electrons. The van der Waals surface area contributed by atoms with Crippen LogP contribution in [-0.4, -0.2) is 46.2 Å². The summed E-state index contributed by atoms with van der Waals surface area (Å²) < 4.78 is 6.33. The number of aliphatic hydroxyl groups excluding tert-OH is 1. The Morgan fingerprint density at radius 1 is 1.07 bits per heavy atom. The molecule has 0 saturated carbocycles. The molecule has 1 aliphatic heterocycles. The highest BCUT2D eigenvalue weighted by molar-refractivity contribution is 5.94. The van der Waals surface area contributed by atoms with E-state index in [9.17, 15) is 5.11 Å². The van der Waals surface area contributed by atoms with Crippen molar-refractivity contribution in [3.63, 3.8) is 0 Å². The third-order valence-corrected chi connectivity index (χ3v) is 5.39. The summed E-state index contributed by atoms with van der Waals surface area (Å²) in [4.78, 5) is 16.0. The maximum atomic E-state index is 9.68. The van der Waals surface area contributed by atoms with E-state index >= 15 is 0 Å². The van der Waals surface area contributed by atoms with Gasteiger partial charge in [0.1, 0.15) is 23.4 Å². The normalized spacial score (nSPS) is 14.4. The Hall–Kier alpha value is -3.29. The summed E-state index contributed by atoms with van der Waals surface area (Å²) in [5.74, 6) is 2.01. The molecule has 0 amide bonds. The summed E-state index contributed by atoms with van der Waals surface area (Å²) >= 11 is 0. The zero-order valence-corrected chi connectivity index (χ0v) is 16.8. The zero-order chi connectivity index (χ0) is 20.5. The number of benzene rings is 2. The number of rotatable bonds is 4. The van der Waals surface area contributed by atoms with Crippen LogP contribution >= 0.6 is 0 Å². The fraction of sp³-hybridized carbons (Fsp3) is 0.261. The summed E-state index contributed by atoms with van der Waals surface area (Å²) in [6, 6.07) is 13.8. The fourth-order valence-corrected chi connectivity index (χ4v) is 3.96. The number of aromatic nitrogens is 3. The predicted molar refractivity (Wildman–Crippen MR) is 117 cm³/mol. The second-order valence-electron chi connectivity index (χ2n) is 7.47. The summed E-state index contributed by atoms with van der Waals surface area (Å²) in [6.07, 6.45) is 1.58. The van der Waals surface area contributed by atoms with Crippen LogP contribution in [0.4, 0.5) is 5.82 Å². The number of pyridine rings is 1. The van der Waals surface area contributed by atoms with Crippen molar-refractivity contribution in [1.82, 2.24) is 20.3 Å². The van der Waals surface area contributed by atoms with E-state index in [4.69, 9.17) is 4.74 Å². The fourth-order valence-electron chi connectivity index (χ4n) is 3.96. The predicted octanol–water partition coefficient (Wildman–Crippen LogP) is 3.18. The molecule has 0 unspecified atom stereocenters. The van der Waals surface area contributed by atoms with Crippen molar-refractivity contribution in [2.24, 2.45) is 0 Å². The van der Waals surface area contributed by atoms with Crippen LogP contribution < -0.4 is 15.0 Å². The number of hydrogen-bond acceptors (Lipinski definition) is 7. The molecule has 3 heterocycles. The van der Waals surface area contributed by atoms with Gasteiger partial charge >= 0.3 is 0 Å². The highest BCUT2D eigenvalue weighted by Gasteiger charge is 2.19. The van der Waals surface area contributed by atoms with Crippen molar-refractivity contribution in [3.05, 3.63) is 60.0 Å². The van der Waals surface area contributed by atoms with Crippen LogP contribution in [0, 0.1) is 6.92 Å². The molecule has 1 aliphatic rings. The van der Waals surface area contributed by atoms with Crippen LogP contribution in [0.15, 0.2) is 48.8 Å². The standard InChI is InChI=1S/C23H23N5O2/c1-15-10-19-21(25-14-26-22(19)28-8-6-24-7-9-28)23(27-15)30-20-12-16(13-29)11-17-4-2-3-5-18(17)20/h2-5,10-12,14,24,29H,6-9,13H2,1H3. The largest absolute Gasteiger partial charge is 0.436 e. The lowest BCUT2D eigenvalue weighted by Gasteiger charge is -2.29. The van der Waals surface area contributed by atoms with Gasteiger partial charge in [-0.15, -0.1) is 0 Å². The van der Waals surface area contributed by atoms with Crippen molar-refractivity contribution in [3.8, 4) is 11.6 Å². The number of anilines is 1. The van der Waals surface area contributed by atoms with Crippen molar-refractivity contribution < 1.29 is 9.84 Å². The lowest BCUT2D eigenvalue weighted by Crippen LogP contribution is -2.44. The Bertz CT molecular complexity index is 1220. The number of hydrogen-bond donors (Lipinski definition) is 2. The molecule has 2 aromatic heterocycles. The SMILES string of the molecule is Cc1cc2c(N3CCNCC3)ncnc2c(Oc2cc(CO)cc3ccccc23)n1. The quantitative estimate of drug-likeness (QED) is 0.543. The molecule has 1 saturated heterocycles. The minimum atomic E-state index is -0.0570. The van der Waals surface area contributed by atoms with Crippen LogP contribution in [0.25, 0.3) is 21.7 Å². The smallest absolute Gasteiger partial charge is 0.246 e. The molecule has 5 rings (SSSR count). The average Bonchev–Trinajstić information content (AvgIpc) is 2.79. The molecule has 0 atom stereocenters. The lowest BCUT2D eigenvalue weighted by atomic mass is 10.1. The lowest BCUT2D eigenvalue weighted by molar-refractivity contribution is 0.281. The first kappa shape index (κ1) is 18.7. The molecular weight excluding hydrogens is 378 g/mol. The van der Waals surface area contributed by atoms with Gasteiger partial charge in [0, 0.05) is 37.3 Å². The number of aryl methyl sites for hydroxylation is 1. The monoisotopic (exact) mass is 401 g/mol. The molecule has 2 aromatic carbocycles. The maximum Gasteiger partial charge on any atom is 0.246 e. The molecule has 152 valence electrons. The van der Waals surface area contributed by atoms with Gasteiger partial charge in [0.2, 0.25) is 5.88 Å². The van der Waals surface area contributed by atoms with Gasteiger partial charge in [0.05, 0.1) is 12.0 Å². The van der Waals surface area contributed by atoms with Crippen molar-refractivity contribution in [1.29, 1.82) is 0 Å². The van der Waals surface area contributed by atoms with Gasteiger partial charge in [-0.1, -0.05) is 24.3 Å². The number of nitrogens with zero attached hydrogens (tertiary/aromatic N) is 4. The van der Waals surface area contributed by atoms with Crippen LogP contribution in [0.2, 0.25) is 0 Å². The Labute approximate surface area is 174 Å². The minimum Gasteiger partial charge on any atom is -0.436 e. The van der Waals surface area contributed by atoms with Gasteiger partial charge < -0.3 is 20.1 Å². The van der Waals surface area contributed by atoms with Gasteiger partial charge in [-0.3, -0.25) is 0 Å². The topological polar surface area (TPSA) is 83.4 Å². The molecule has 7 heteroatoms. The van der Waals surface area contributed by atoms with E-state index in [0.717, 1.165) is 59.4 Å². The molecule has 30 heavy (non-hydrogen) atoms. The van der Waals surface area contributed by atoms with Gasteiger partial charge in [-0.2, -0.15) is 0 Å². The highest BCUT2D eigenvalue weighted by atomic mass is 16.5. The van der Waals surface area contributed by atoms with E-state index in [1.807, 2.05) is 49.4 Å². The molecule has 0 bridgehead atoms. The number of nitrogens with one attached hydrogen (secondary N) is 1. The van der Waals surface area contributed by atoms with Gasteiger partial charge in [-0.05, 0) is 36.1 Å². The zero-order valence-electron chi connectivity index (χ0n) is 16.8. The average molecular weight is 401 g/mol. The van der Waals surface area contributed by atoms with Crippen LogP contribution in [0.3, 0.4) is 0 Å². The molecular formula is C23H23N5O2. The molecule has 0 aliphatic carbocycles. The summed E-state index contributed by atoms with van der Waals surface area (Å²) in [6.45, 7) is 5.54. The molecule has 2 N–H and O–H groups in total. The number of ether oxygens (including phenoxy) is 1. The van der Waals surface area contributed by atoms with Crippen molar-refractivity contribution in [2.45, 2.75) is 13.5 Å². The first-order chi connectivity index (χ1) is 14.7. The van der Waals surface area contributed by atoms with Crippen molar-refractivity contribution >= 4 is 27.5 Å². The highest BCUT2D eigenvalue weighted by Crippen LogP contribution is 2.35. The van der Waals surface area contributed by atoms with E-state index < -0.39 is 0 Å². The Morgan fingerprint density at radius 3 is 2.73 bits per heavy atom. The Morgan fingerprint density at radius 2 is 1.90 bits per heavy atom. The van der Waals surface area contributed by atoms with E-state index in [-0.39, 0.29) is 6.61 Å². The maximum absolute atomic E-state index is 9.68. The van der Waals surface area contributed by atoms with Crippen LogP contribution in [-0.2, 0) is 6.61 Å². The number of piperazine rings is 1. The summed E-state index contributed by atoms with van der Waals surface area (Å²) in [7, 11) is 0. The first-order valence-corrected chi connectivity index (χ1v) is 10.1. The third kappa shape index (κ3) is 3.42. The Kier molecular flexibility index (Phi) is 4.90. The van der Waals surface area contributed by atoms with Gasteiger partial charge in [0.25, 0.3) is 0 Å². The molecule has 4 aromatic rings. The van der Waals surface area contributed by atoms with E-state index in [0.29, 0.717) is 17.1 Å². The number of aliphatic hydroxyl groups is 1. The van der Waals surface area contributed by atoms with Crippen LogP contribution in [0.5, 0.6) is 11.6 Å². The molecule has 1 fully saturated rings. The van der Waals surface area contributed by atoms with Crippen molar-refractivity contribution in [2.75, 3.05) is 31.1 Å². The summed E-state index contributed by atoms with van der Waals surface area (Å²) in [5, 5.41) is 16.0. The van der Waals surface area contributed by atoms with Gasteiger partial charge in [0.15, 0.2) is 0 Å². The van der Waals surface area contributed by atoms with Crippen LogP contribution in [0.1, 0.15) is 11.3 Å². The molecule has 7 nitrogen and oxygen atoms in total. The van der Waals surface area contributed by atoms with E-state index in [1.165, 1.54) is 0 Å².